The van der Waals surface area contributed by atoms with Crippen LogP contribution < -0.4 is 0 Å². The summed E-state index contributed by atoms with van der Waals surface area (Å²) in [6, 6.07) is -1.01. The zero-order valence-electron chi connectivity index (χ0n) is 9.95. The third-order valence-corrected chi connectivity index (χ3v) is 2.66. The minimum absolute atomic E-state index is 0.243. The Balaban J connectivity index is 2.71. The summed E-state index contributed by atoms with van der Waals surface area (Å²) in [4.78, 5) is 22.6. The van der Waals surface area contributed by atoms with Gasteiger partial charge < -0.3 is 9.94 Å². The summed E-state index contributed by atoms with van der Waals surface area (Å²) in [6.45, 7) is 1.99. The third kappa shape index (κ3) is 3.20. The van der Waals surface area contributed by atoms with E-state index in [1.807, 2.05) is 0 Å². The van der Waals surface area contributed by atoms with Gasteiger partial charge in [0.1, 0.15) is 6.04 Å². The van der Waals surface area contributed by atoms with Crippen molar-refractivity contribution in [3.63, 3.8) is 0 Å². The molecule has 1 saturated heterocycles. The number of alkyl halides is 3. The first kappa shape index (κ1) is 14.9. The van der Waals surface area contributed by atoms with Crippen molar-refractivity contribution in [2.45, 2.75) is 44.5 Å². The lowest BCUT2D eigenvalue weighted by Crippen LogP contribution is -2.48. The van der Waals surface area contributed by atoms with Gasteiger partial charge in [-0.2, -0.15) is 18.2 Å². The van der Waals surface area contributed by atoms with E-state index in [1.54, 1.807) is 0 Å². The predicted octanol–water partition coefficient (Wildman–Crippen LogP) is 1.29. The molecule has 1 unspecified atom stereocenters. The highest BCUT2D eigenvalue weighted by Gasteiger charge is 2.51. The number of rotatable bonds is 3. The van der Waals surface area contributed by atoms with Crippen LogP contribution in [0.3, 0.4) is 0 Å². The molecule has 18 heavy (non-hydrogen) atoms. The molecule has 0 aliphatic carbocycles. The van der Waals surface area contributed by atoms with Crippen LogP contribution in [0.15, 0.2) is 0 Å². The fraction of sp³-hybridized carbons (Fsp3) is 0.800. The minimum atomic E-state index is -5.07. The van der Waals surface area contributed by atoms with Crippen LogP contribution >= 0.6 is 0 Å². The molecule has 0 amide bonds. The molecule has 1 rings (SSSR count). The van der Waals surface area contributed by atoms with Crippen molar-refractivity contribution in [3.8, 4) is 0 Å². The van der Waals surface area contributed by atoms with E-state index in [1.165, 1.54) is 0 Å². The Morgan fingerprint density at radius 2 is 1.89 bits per heavy atom. The average Bonchev–Trinajstić information content (AvgIpc) is 2.61. The van der Waals surface area contributed by atoms with E-state index in [2.05, 4.69) is 4.74 Å². The predicted molar refractivity (Wildman–Crippen MR) is 52.7 cm³/mol. The second kappa shape index (κ2) is 4.85. The number of ketones is 1. The van der Waals surface area contributed by atoms with E-state index in [4.69, 9.17) is 0 Å². The van der Waals surface area contributed by atoms with Crippen LogP contribution in [0.1, 0.15) is 26.7 Å². The molecule has 0 radical (unpaired) electrons. The van der Waals surface area contributed by atoms with Crippen LogP contribution in [0.2, 0.25) is 0 Å². The lowest BCUT2D eigenvalue weighted by atomic mass is 10.0. The molecule has 1 N–H and O–H groups in total. The van der Waals surface area contributed by atoms with Crippen LogP contribution in [0, 0.1) is 0 Å². The van der Waals surface area contributed by atoms with Gasteiger partial charge in [-0.3, -0.25) is 9.59 Å². The highest BCUT2D eigenvalue weighted by Crippen LogP contribution is 2.27. The maximum atomic E-state index is 12.2. The van der Waals surface area contributed by atoms with E-state index in [0.717, 1.165) is 13.8 Å². The molecule has 0 aromatic carbocycles. The fourth-order valence-electron chi connectivity index (χ4n) is 1.70. The van der Waals surface area contributed by atoms with Gasteiger partial charge >= 0.3 is 12.1 Å². The number of hydrogen-bond donors (Lipinski definition) is 1. The molecule has 0 bridgehead atoms. The van der Waals surface area contributed by atoms with E-state index < -0.39 is 29.6 Å². The number of carbonyl (C=O) groups is 2. The lowest BCUT2D eigenvalue weighted by Gasteiger charge is -2.27. The highest BCUT2D eigenvalue weighted by atomic mass is 19.4. The number of Topliss-reactive ketones (excluding diaryl/α,β-unsaturated/α-hetero) is 1. The average molecular weight is 269 g/mol. The molecule has 1 fully saturated rings. The number of esters is 1. The Bertz CT molecular complexity index is 354. The molecule has 0 aromatic heterocycles. The molecule has 5 nitrogen and oxygen atoms in total. The van der Waals surface area contributed by atoms with Gasteiger partial charge in [-0.05, 0) is 26.7 Å². The summed E-state index contributed by atoms with van der Waals surface area (Å²) in [7, 11) is 0. The number of halogens is 3. The molecule has 8 heteroatoms. The number of nitrogens with zero attached hydrogens (tertiary/aromatic N) is 1. The Kier molecular flexibility index (Phi) is 4.02. The van der Waals surface area contributed by atoms with Gasteiger partial charge in [0.25, 0.3) is 5.78 Å². The highest BCUT2D eigenvalue weighted by molar-refractivity contribution is 5.93. The largest absolute Gasteiger partial charge is 0.454 e. The molecule has 1 aliphatic heterocycles. The number of hydroxylamine groups is 2. The van der Waals surface area contributed by atoms with Crippen LogP contribution in [-0.2, 0) is 14.3 Å². The van der Waals surface area contributed by atoms with Crippen LogP contribution in [0.5, 0.6) is 0 Å². The lowest BCUT2D eigenvalue weighted by molar-refractivity contribution is -0.201. The van der Waals surface area contributed by atoms with Gasteiger partial charge in [-0.25, -0.2) is 0 Å². The van der Waals surface area contributed by atoms with Crippen LogP contribution in [-0.4, -0.2) is 46.4 Å². The summed E-state index contributed by atoms with van der Waals surface area (Å²) in [5, 5.41) is 9.98. The fourth-order valence-corrected chi connectivity index (χ4v) is 1.70. The Labute approximate surface area is 101 Å². The number of hydrogen-bond acceptors (Lipinski definition) is 5. The van der Waals surface area contributed by atoms with E-state index >= 15 is 0 Å². The quantitative estimate of drug-likeness (QED) is 0.782. The van der Waals surface area contributed by atoms with E-state index in [0.29, 0.717) is 11.5 Å². The van der Waals surface area contributed by atoms with E-state index in [-0.39, 0.29) is 13.0 Å². The van der Waals surface area contributed by atoms with Crippen molar-refractivity contribution in [2.24, 2.45) is 0 Å². The number of ether oxygens (including phenoxy) is 1. The molecule has 1 atom stereocenters. The molecule has 1 aliphatic rings. The Hall–Kier alpha value is -1.15. The van der Waals surface area contributed by atoms with Gasteiger partial charge in [0, 0.05) is 6.54 Å². The van der Waals surface area contributed by atoms with Gasteiger partial charge in [0.05, 0.1) is 0 Å². The molecule has 0 spiro atoms. The second-order valence-corrected chi connectivity index (χ2v) is 4.58. The summed E-state index contributed by atoms with van der Waals surface area (Å²) in [6.07, 6.45) is -4.26. The maximum Gasteiger partial charge on any atom is 0.454 e. The van der Waals surface area contributed by atoms with Gasteiger partial charge in [-0.15, -0.1) is 0 Å². The molecule has 0 saturated carbocycles. The van der Waals surface area contributed by atoms with Crippen molar-refractivity contribution in [1.82, 2.24) is 5.06 Å². The van der Waals surface area contributed by atoms with Crippen LogP contribution in [0.4, 0.5) is 13.2 Å². The Morgan fingerprint density at radius 3 is 2.28 bits per heavy atom. The van der Waals surface area contributed by atoms with Crippen LogP contribution in [0.25, 0.3) is 0 Å². The Morgan fingerprint density at radius 1 is 1.33 bits per heavy atom. The maximum absolute atomic E-state index is 12.2. The first-order chi connectivity index (χ1) is 8.05. The minimum Gasteiger partial charge on any atom is -0.450 e. The topological polar surface area (TPSA) is 66.8 Å². The van der Waals surface area contributed by atoms with Gasteiger partial charge in [0.15, 0.2) is 5.60 Å². The first-order valence-corrected chi connectivity index (χ1v) is 5.35. The summed E-state index contributed by atoms with van der Waals surface area (Å²) < 4.78 is 41.3. The summed E-state index contributed by atoms with van der Waals surface area (Å²) in [5.74, 6) is -3.16. The smallest absolute Gasteiger partial charge is 0.450 e. The first-order valence-electron chi connectivity index (χ1n) is 5.35. The van der Waals surface area contributed by atoms with E-state index in [9.17, 15) is 28.0 Å². The summed E-state index contributed by atoms with van der Waals surface area (Å²) in [5.41, 5.74) is -2.29. The second-order valence-electron chi connectivity index (χ2n) is 4.58. The zero-order chi connectivity index (χ0) is 14.1. The molecule has 1 heterocycles. The zero-order valence-corrected chi connectivity index (χ0v) is 9.95. The van der Waals surface area contributed by atoms with Crippen molar-refractivity contribution in [3.05, 3.63) is 0 Å². The molecule has 0 aromatic rings. The molecular weight excluding hydrogens is 255 g/mol. The van der Waals surface area contributed by atoms with Crippen molar-refractivity contribution in [1.29, 1.82) is 0 Å². The normalized spacial score (nSPS) is 22.0. The SMILES string of the molecule is CC(C)(OC(=O)C1CCCN1O)C(=O)C(F)(F)F. The van der Waals surface area contributed by atoms with Crippen molar-refractivity contribution >= 4 is 11.8 Å². The van der Waals surface area contributed by atoms with Crippen molar-refractivity contribution < 1.29 is 32.7 Å². The number of carbonyl (C=O) groups excluding carboxylic acids is 2. The summed E-state index contributed by atoms with van der Waals surface area (Å²) >= 11 is 0. The van der Waals surface area contributed by atoms with Gasteiger partial charge in [-0.1, -0.05) is 0 Å². The monoisotopic (exact) mass is 269 g/mol. The standard InChI is InChI=1S/C10H14F3NO4/c1-9(2,8(16)10(11,12)13)18-7(15)6-4-3-5-14(6)17/h6,17H,3-5H2,1-2H3. The van der Waals surface area contributed by atoms with Crippen molar-refractivity contribution in [2.75, 3.05) is 6.54 Å². The van der Waals surface area contributed by atoms with Gasteiger partial charge in [0.2, 0.25) is 0 Å². The third-order valence-electron chi connectivity index (χ3n) is 2.66. The molecular formula is C10H14F3NO4. The molecule has 104 valence electrons.